The van der Waals surface area contributed by atoms with Gasteiger partial charge >= 0.3 is 6.18 Å². The van der Waals surface area contributed by atoms with Gasteiger partial charge in [-0.25, -0.2) is 4.90 Å². The number of hydrogen-bond donors (Lipinski definition) is 0. The highest BCUT2D eigenvalue weighted by atomic mass is 32.1. The van der Waals surface area contributed by atoms with Crippen LogP contribution in [0, 0.1) is 0 Å². The molecule has 0 spiro atoms. The highest BCUT2D eigenvalue weighted by Crippen LogP contribution is 2.38. The molecule has 0 bridgehead atoms. The highest BCUT2D eigenvalue weighted by molar-refractivity contribution is 7.11. The summed E-state index contributed by atoms with van der Waals surface area (Å²) in [4.78, 5) is 32.0. The van der Waals surface area contributed by atoms with Gasteiger partial charge in [0.25, 0.3) is 11.8 Å². The van der Waals surface area contributed by atoms with E-state index in [-0.39, 0.29) is 17.0 Å². The van der Waals surface area contributed by atoms with E-state index in [4.69, 9.17) is 0 Å². The standard InChI is InChI=1S/C20H18F3N3O2S/c1-24-7-9-25(10-8-24)17-16(15-6-3-11-29-15)18(27)26(19(17)28)14-5-2-4-13(12-14)20(21,22)23/h2-6,11-12H,7-10H2,1H3. The lowest BCUT2D eigenvalue weighted by Crippen LogP contribution is -2.46. The Morgan fingerprint density at radius 3 is 2.31 bits per heavy atom. The van der Waals surface area contributed by atoms with E-state index in [2.05, 4.69) is 4.90 Å². The van der Waals surface area contributed by atoms with Crippen molar-refractivity contribution in [2.75, 3.05) is 38.1 Å². The number of likely N-dealkylation sites (N-methyl/N-ethyl adjacent to an activating group) is 1. The molecule has 152 valence electrons. The number of amides is 2. The van der Waals surface area contributed by atoms with Gasteiger partial charge in [0.2, 0.25) is 0 Å². The Bertz CT molecular complexity index is 977. The van der Waals surface area contributed by atoms with Crippen molar-refractivity contribution in [2.24, 2.45) is 0 Å². The van der Waals surface area contributed by atoms with Crippen molar-refractivity contribution >= 4 is 34.4 Å². The summed E-state index contributed by atoms with van der Waals surface area (Å²) in [6.07, 6.45) is -4.56. The van der Waals surface area contributed by atoms with Crippen molar-refractivity contribution in [2.45, 2.75) is 6.18 Å². The first-order valence-corrected chi connectivity index (χ1v) is 9.93. The molecule has 4 rings (SSSR count). The molecule has 2 aliphatic rings. The van der Waals surface area contributed by atoms with E-state index >= 15 is 0 Å². The first kappa shape index (κ1) is 19.7. The number of carbonyl (C=O) groups is 2. The number of alkyl halides is 3. The molecule has 0 atom stereocenters. The van der Waals surface area contributed by atoms with E-state index in [1.54, 1.807) is 17.5 Å². The third-order valence-corrected chi connectivity index (χ3v) is 5.97. The monoisotopic (exact) mass is 421 g/mol. The molecule has 0 saturated carbocycles. The number of anilines is 1. The normalized spacial score (nSPS) is 18.9. The molecule has 1 fully saturated rings. The molecule has 9 heteroatoms. The minimum atomic E-state index is -4.56. The lowest BCUT2D eigenvalue weighted by Gasteiger charge is -2.34. The fourth-order valence-electron chi connectivity index (χ4n) is 3.54. The second-order valence-electron chi connectivity index (χ2n) is 6.99. The van der Waals surface area contributed by atoms with Crippen LogP contribution >= 0.6 is 11.3 Å². The predicted octanol–water partition coefficient (Wildman–Crippen LogP) is 3.30. The van der Waals surface area contributed by atoms with E-state index < -0.39 is 23.6 Å². The Morgan fingerprint density at radius 1 is 0.966 bits per heavy atom. The minimum Gasteiger partial charge on any atom is -0.364 e. The van der Waals surface area contributed by atoms with Gasteiger partial charge in [0.1, 0.15) is 5.70 Å². The van der Waals surface area contributed by atoms with Crippen LogP contribution in [0.5, 0.6) is 0 Å². The molecule has 2 amide bonds. The zero-order valence-corrected chi connectivity index (χ0v) is 16.4. The van der Waals surface area contributed by atoms with Gasteiger partial charge in [0.15, 0.2) is 0 Å². The van der Waals surface area contributed by atoms with Gasteiger partial charge in [-0.15, -0.1) is 11.3 Å². The van der Waals surface area contributed by atoms with Crippen LogP contribution in [0.15, 0.2) is 47.5 Å². The van der Waals surface area contributed by atoms with Gasteiger partial charge < -0.3 is 9.80 Å². The molecule has 2 aromatic rings. The summed E-state index contributed by atoms with van der Waals surface area (Å²) in [5, 5.41) is 1.80. The zero-order valence-electron chi connectivity index (χ0n) is 15.6. The Balaban J connectivity index is 1.77. The third-order valence-electron chi connectivity index (χ3n) is 5.08. The van der Waals surface area contributed by atoms with Crippen LogP contribution < -0.4 is 4.90 Å². The average Bonchev–Trinajstić information content (AvgIpc) is 3.28. The molecule has 5 nitrogen and oxygen atoms in total. The molecule has 1 aromatic carbocycles. The smallest absolute Gasteiger partial charge is 0.364 e. The molecular formula is C20H18F3N3O2S. The number of halogens is 3. The van der Waals surface area contributed by atoms with Gasteiger partial charge in [-0.3, -0.25) is 9.59 Å². The summed E-state index contributed by atoms with van der Waals surface area (Å²) in [7, 11) is 1.97. The average molecular weight is 421 g/mol. The van der Waals surface area contributed by atoms with E-state index in [0.29, 0.717) is 18.0 Å². The summed E-state index contributed by atoms with van der Waals surface area (Å²) in [6.45, 7) is 2.59. The number of rotatable bonds is 3. The van der Waals surface area contributed by atoms with Gasteiger partial charge in [0.05, 0.1) is 16.8 Å². The molecule has 1 aromatic heterocycles. The van der Waals surface area contributed by atoms with Crippen molar-refractivity contribution in [1.82, 2.24) is 9.80 Å². The number of benzene rings is 1. The van der Waals surface area contributed by atoms with Gasteiger partial charge in [-0.1, -0.05) is 12.1 Å². The molecule has 29 heavy (non-hydrogen) atoms. The van der Waals surface area contributed by atoms with Crippen molar-refractivity contribution in [1.29, 1.82) is 0 Å². The van der Waals surface area contributed by atoms with Gasteiger partial charge in [-0.2, -0.15) is 13.2 Å². The number of carbonyl (C=O) groups excluding carboxylic acids is 2. The van der Waals surface area contributed by atoms with Crippen LogP contribution in [0.1, 0.15) is 10.4 Å². The number of piperazine rings is 1. The Labute approximate surface area is 169 Å². The van der Waals surface area contributed by atoms with E-state index in [9.17, 15) is 22.8 Å². The van der Waals surface area contributed by atoms with Gasteiger partial charge in [0, 0.05) is 31.1 Å². The molecule has 1 saturated heterocycles. The number of thiophene rings is 1. The van der Waals surface area contributed by atoms with Crippen molar-refractivity contribution in [3.8, 4) is 0 Å². The van der Waals surface area contributed by atoms with Crippen LogP contribution in [0.2, 0.25) is 0 Å². The van der Waals surface area contributed by atoms with Crippen molar-refractivity contribution in [3.63, 3.8) is 0 Å². The largest absolute Gasteiger partial charge is 0.416 e. The molecule has 0 N–H and O–H groups in total. The Kier molecular flexibility index (Phi) is 4.95. The summed E-state index contributed by atoms with van der Waals surface area (Å²) in [6, 6.07) is 7.84. The van der Waals surface area contributed by atoms with E-state index in [1.807, 2.05) is 11.9 Å². The number of imide groups is 1. The molecule has 2 aliphatic heterocycles. The summed E-state index contributed by atoms with van der Waals surface area (Å²) < 4.78 is 39.4. The minimum absolute atomic E-state index is 0.0759. The summed E-state index contributed by atoms with van der Waals surface area (Å²) in [5.74, 6) is -1.17. The third kappa shape index (κ3) is 3.56. The van der Waals surface area contributed by atoms with E-state index in [1.165, 1.54) is 23.5 Å². The van der Waals surface area contributed by atoms with Crippen LogP contribution in [0.25, 0.3) is 5.57 Å². The lowest BCUT2D eigenvalue weighted by molar-refractivity contribution is -0.137. The summed E-state index contributed by atoms with van der Waals surface area (Å²) >= 11 is 1.32. The maximum absolute atomic E-state index is 13.3. The molecule has 0 unspecified atom stereocenters. The summed E-state index contributed by atoms with van der Waals surface area (Å²) in [5.41, 5.74) is -0.454. The Hall–Kier alpha value is -2.65. The van der Waals surface area contributed by atoms with Crippen LogP contribution in [-0.4, -0.2) is 54.8 Å². The zero-order chi connectivity index (χ0) is 20.8. The van der Waals surface area contributed by atoms with Crippen molar-refractivity contribution < 1.29 is 22.8 Å². The van der Waals surface area contributed by atoms with Crippen molar-refractivity contribution in [3.05, 3.63) is 57.9 Å². The maximum atomic E-state index is 13.3. The predicted molar refractivity (Wildman–Crippen MR) is 104 cm³/mol. The second-order valence-corrected chi connectivity index (χ2v) is 7.93. The fraction of sp³-hybridized carbons (Fsp3) is 0.300. The molecule has 3 heterocycles. The maximum Gasteiger partial charge on any atom is 0.416 e. The second kappa shape index (κ2) is 7.31. The SMILES string of the molecule is CN1CCN(C2=C(c3cccs3)C(=O)N(c3cccc(C(F)(F)F)c3)C2=O)CC1. The number of nitrogens with zero attached hydrogens (tertiary/aromatic N) is 3. The quantitative estimate of drug-likeness (QED) is 0.714. The van der Waals surface area contributed by atoms with Gasteiger partial charge in [-0.05, 0) is 36.7 Å². The number of hydrogen-bond acceptors (Lipinski definition) is 5. The first-order chi connectivity index (χ1) is 13.8. The fourth-order valence-corrected chi connectivity index (χ4v) is 4.30. The molecule has 0 radical (unpaired) electrons. The van der Waals surface area contributed by atoms with E-state index in [0.717, 1.165) is 30.1 Å². The molecule has 0 aliphatic carbocycles. The molecular weight excluding hydrogens is 403 g/mol. The lowest BCUT2D eigenvalue weighted by atomic mass is 10.1. The van der Waals surface area contributed by atoms with Crippen LogP contribution in [0.3, 0.4) is 0 Å². The highest BCUT2D eigenvalue weighted by Gasteiger charge is 2.44. The Morgan fingerprint density at radius 2 is 1.69 bits per heavy atom. The van der Waals surface area contributed by atoms with Crippen LogP contribution in [0.4, 0.5) is 18.9 Å². The van der Waals surface area contributed by atoms with Crippen LogP contribution in [-0.2, 0) is 15.8 Å². The topological polar surface area (TPSA) is 43.9 Å². The first-order valence-electron chi connectivity index (χ1n) is 9.05.